The van der Waals surface area contributed by atoms with Gasteiger partial charge in [0.2, 0.25) is 0 Å². The van der Waals surface area contributed by atoms with Crippen LogP contribution in [0.5, 0.6) is 0 Å². The smallest absolute Gasteiger partial charge is 0.127 e. The molecular weight excluding hydrogens is 711 g/mol. The molecule has 0 unspecified atom stereocenters. The molecule has 0 bridgehead atoms. The van der Waals surface area contributed by atoms with Crippen LogP contribution in [-0.2, 0) is 6.42 Å². The Hall–Kier alpha value is -7.14. The molecule has 3 heterocycles. The number of para-hydroxylation sites is 3. The van der Waals surface area contributed by atoms with Crippen LogP contribution in [0, 0.1) is 0 Å². The quantitative estimate of drug-likeness (QED) is 0.163. The Morgan fingerprint density at radius 1 is 0.421 bits per heavy atom. The summed E-state index contributed by atoms with van der Waals surface area (Å²) in [5.74, 6) is 1.20. The van der Waals surface area contributed by atoms with Gasteiger partial charge in [0, 0.05) is 66.0 Å². The van der Waals surface area contributed by atoms with Gasteiger partial charge >= 0.3 is 0 Å². The fraction of sp³-hybridized carbons (Fsp3) is 0.0189. The molecule has 0 spiro atoms. The van der Waals surface area contributed by atoms with E-state index in [1.165, 1.54) is 75.3 Å². The summed E-state index contributed by atoms with van der Waals surface area (Å²) in [7, 11) is 0. The number of hydrogen-bond acceptors (Lipinski definition) is 3. The molecule has 0 radical (unpaired) electrons. The molecule has 4 heteroatoms. The summed E-state index contributed by atoms with van der Waals surface area (Å²) in [5.41, 5.74) is 10.7. The molecule has 0 amide bonds. The lowest BCUT2D eigenvalue weighted by Gasteiger charge is -2.34. The van der Waals surface area contributed by atoms with Crippen molar-refractivity contribution in [3.8, 4) is 5.69 Å². The van der Waals surface area contributed by atoms with Crippen LogP contribution in [0.25, 0.3) is 58.3 Å². The molecule has 2 aromatic heterocycles. The van der Waals surface area contributed by atoms with Crippen LogP contribution in [-0.4, -0.2) is 4.57 Å². The minimum absolute atomic E-state index is 0.880. The molecule has 9 aromatic carbocycles. The van der Waals surface area contributed by atoms with E-state index in [4.69, 9.17) is 0 Å². The normalized spacial score (nSPS) is 12.5. The zero-order valence-corrected chi connectivity index (χ0v) is 31.8. The van der Waals surface area contributed by atoms with Gasteiger partial charge in [-0.3, -0.25) is 9.47 Å². The van der Waals surface area contributed by atoms with E-state index in [2.05, 4.69) is 215 Å². The largest absolute Gasteiger partial charge is 0.310 e. The molecule has 268 valence electrons. The van der Waals surface area contributed by atoms with E-state index in [0.717, 1.165) is 34.9 Å². The van der Waals surface area contributed by atoms with E-state index < -0.39 is 0 Å². The van der Waals surface area contributed by atoms with Crippen molar-refractivity contribution >= 4 is 98.2 Å². The zero-order chi connectivity index (χ0) is 37.5. The molecule has 12 rings (SSSR count). The monoisotopic (exact) mass is 745 g/mol. The summed E-state index contributed by atoms with van der Waals surface area (Å²) in [6, 6.07) is 73.5. The van der Waals surface area contributed by atoms with Gasteiger partial charge in [0.15, 0.2) is 0 Å². The maximum Gasteiger partial charge on any atom is 0.127 e. The number of thiophene rings is 1. The highest BCUT2D eigenvalue weighted by Gasteiger charge is 2.31. The number of nitrogens with zero attached hydrogens (tertiary/aromatic N) is 3. The first kappa shape index (κ1) is 32.1. The molecule has 1 aliphatic rings. The first-order valence-corrected chi connectivity index (χ1v) is 20.4. The average Bonchev–Trinajstić information content (AvgIpc) is 3.81. The van der Waals surface area contributed by atoms with Crippen molar-refractivity contribution in [2.24, 2.45) is 0 Å². The highest BCUT2D eigenvalue weighted by atomic mass is 32.1. The van der Waals surface area contributed by atoms with Crippen molar-refractivity contribution in [3.63, 3.8) is 0 Å². The van der Waals surface area contributed by atoms with Crippen LogP contribution >= 0.6 is 11.3 Å². The van der Waals surface area contributed by atoms with Crippen LogP contribution in [0.15, 0.2) is 200 Å². The van der Waals surface area contributed by atoms with Crippen molar-refractivity contribution in [1.29, 1.82) is 0 Å². The second-order valence-electron chi connectivity index (χ2n) is 15.0. The second-order valence-corrected chi connectivity index (χ2v) is 16.0. The molecule has 0 saturated heterocycles. The van der Waals surface area contributed by atoms with Crippen molar-refractivity contribution in [3.05, 3.63) is 211 Å². The van der Waals surface area contributed by atoms with E-state index >= 15 is 0 Å². The lowest BCUT2D eigenvalue weighted by Crippen LogP contribution is -2.21. The molecular formula is C53H35N3S. The summed E-state index contributed by atoms with van der Waals surface area (Å²) in [5, 5.41) is 8.90. The van der Waals surface area contributed by atoms with Gasteiger partial charge in [0.05, 0.1) is 11.2 Å². The van der Waals surface area contributed by atoms with E-state index in [9.17, 15) is 0 Å². The van der Waals surface area contributed by atoms with Crippen LogP contribution in [0.4, 0.5) is 34.3 Å². The van der Waals surface area contributed by atoms with Crippen molar-refractivity contribution in [2.75, 3.05) is 9.80 Å². The highest BCUT2D eigenvalue weighted by molar-refractivity contribution is 7.25. The standard InChI is InChI=1S/C53H35N3S/c1-2-14-38(15-3-1)56-50-20-10-7-17-45(50)48-33-37-13-5-9-19-49(37)55(53(48)56)40-26-24-39(25-27-40)54(42-29-31-52-47(34-42)46-18-8-11-21-51(46)57-52)41-28-30-44-36(32-41)23-22-35-12-4-6-16-43(35)44/h1-32,34H,33H2. The number of aromatic nitrogens is 1. The van der Waals surface area contributed by atoms with Gasteiger partial charge in [-0.1, -0.05) is 115 Å². The maximum atomic E-state index is 2.47. The average molecular weight is 746 g/mol. The van der Waals surface area contributed by atoms with E-state index in [-0.39, 0.29) is 0 Å². The van der Waals surface area contributed by atoms with Crippen molar-refractivity contribution in [2.45, 2.75) is 6.42 Å². The molecule has 57 heavy (non-hydrogen) atoms. The Kier molecular flexibility index (Phi) is 7.16. The van der Waals surface area contributed by atoms with Gasteiger partial charge in [-0.2, -0.15) is 0 Å². The predicted octanol–water partition coefficient (Wildman–Crippen LogP) is 15.1. The topological polar surface area (TPSA) is 11.4 Å². The van der Waals surface area contributed by atoms with E-state index in [1.54, 1.807) is 0 Å². The minimum atomic E-state index is 0.880. The summed E-state index contributed by atoms with van der Waals surface area (Å²) in [6.07, 6.45) is 0.880. The van der Waals surface area contributed by atoms with Crippen LogP contribution in [0.2, 0.25) is 0 Å². The maximum absolute atomic E-state index is 2.47. The molecule has 0 fully saturated rings. The number of hydrogen-bond donors (Lipinski definition) is 0. The Labute approximate surface area is 334 Å². The van der Waals surface area contributed by atoms with Gasteiger partial charge in [0.1, 0.15) is 5.82 Å². The molecule has 3 nitrogen and oxygen atoms in total. The van der Waals surface area contributed by atoms with Gasteiger partial charge in [0.25, 0.3) is 0 Å². The second kappa shape index (κ2) is 12.7. The minimum Gasteiger partial charge on any atom is -0.310 e. The van der Waals surface area contributed by atoms with Crippen LogP contribution < -0.4 is 9.80 Å². The number of rotatable bonds is 5. The predicted molar refractivity (Wildman–Crippen MR) is 243 cm³/mol. The first-order valence-electron chi connectivity index (χ1n) is 19.6. The molecule has 0 atom stereocenters. The lowest BCUT2D eigenvalue weighted by molar-refractivity contribution is 1.01. The first-order chi connectivity index (χ1) is 28.3. The third-order valence-corrected chi connectivity index (χ3v) is 12.9. The van der Waals surface area contributed by atoms with E-state index in [1.807, 2.05) is 11.3 Å². The summed E-state index contributed by atoms with van der Waals surface area (Å²) in [4.78, 5) is 4.89. The van der Waals surface area contributed by atoms with E-state index in [0.29, 0.717) is 0 Å². The number of benzene rings is 9. The number of fused-ring (bicyclic) bond motifs is 10. The Balaban J connectivity index is 1.05. The molecule has 0 saturated carbocycles. The fourth-order valence-corrected chi connectivity index (χ4v) is 10.3. The van der Waals surface area contributed by atoms with Gasteiger partial charge in [-0.15, -0.1) is 11.3 Å². The fourth-order valence-electron chi connectivity index (χ4n) is 9.18. The van der Waals surface area contributed by atoms with Crippen LogP contribution in [0.3, 0.4) is 0 Å². The third-order valence-electron chi connectivity index (χ3n) is 11.7. The summed E-state index contributed by atoms with van der Waals surface area (Å²) < 4.78 is 5.06. The molecule has 1 aliphatic heterocycles. The van der Waals surface area contributed by atoms with Gasteiger partial charge in [-0.05, 0) is 112 Å². The van der Waals surface area contributed by atoms with Gasteiger partial charge < -0.3 is 4.90 Å². The number of anilines is 6. The summed E-state index contributed by atoms with van der Waals surface area (Å²) >= 11 is 1.86. The van der Waals surface area contributed by atoms with Crippen molar-refractivity contribution < 1.29 is 0 Å². The van der Waals surface area contributed by atoms with Gasteiger partial charge in [-0.25, -0.2) is 0 Å². The third kappa shape index (κ3) is 5.04. The lowest BCUT2D eigenvalue weighted by atomic mass is 9.96. The zero-order valence-electron chi connectivity index (χ0n) is 31.0. The molecule has 11 aromatic rings. The summed E-state index contributed by atoms with van der Waals surface area (Å²) in [6.45, 7) is 0. The molecule has 0 N–H and O–H groups in total. The SMILES string of the molecule is c1ccc(-n2c3c(c4ccccc42)Cc2ccccc2N3c2ccc(N(c3ccc4c(ccc5ccccc54)c3)c3ccc4sc5ccccc5c4c3)cc2)cc1. The Morgan fingerprint density at radius 2 is 1.07 bits per heavy atom. The molecule has 0 aliphatic carbocycles. The Morgan fingerprint density at radius 3 is 1.96 bits per heavy atom. The Bertz CT molecular complexity index is 3340. The van der Waals surface area contributed by atoms with Crippen molar-refractivity contribution in [1.82, 2.24) is 4.57 Å². The highest BCUT2D eigenvalue weighted by Crippen LogP contribution is 2.50. The van der Waals surface area contributed by atoms with Crippen LogP contribution in [0.1, 0.15) is 11.1 Å².